The molecule has 0 amide bonds. The summed E-state index contributed by atoms with van der Waals surface area (Å²) in [5, 5.41) is 9.19. The van der Waals surface area contributed by atoms with E-state index in [1.54, 1.807) is 0 Å². The van der Waals surface area contributed by atoms with Gasteiger partial charge in [-0.3, -0.25) is 4.98 Å². The van der Waals surface area contributed by atoms with Gasteiger partial charge in [0.25, 0.3) is 0 Å². The van der Waals surface area contributed by atoms with Crippen LogP contribution < -0.4 is 0 Å². The van der Waals surface area contributed by atoms with E-state index in [4.69, 9.17) is 0 Å². The standard InChI is InChI=1S/C11H17NO/c1-9(7-10(2)13)8-11-3-5-12-6-4-11/h3-6,9-10,13H,7-8H2,1-2H3. The third kappa shape index (κ3) is 4.04. The van der Waals surface area contributed by atoms with Gasteiger partial charge in [-0.25, -0.2) is 0 Å². The molecule has 0 aliphatic heterocycles. The van der Waals surface area contributed by atoms with Gasteiger partial charge in [0.1, 0.15) is 0 Å². The summed E-state index contributed by atoms with van der Waals surface area (Å²) in [6.07, 6.45) is 5.31. The second-order valence-electron chi connectivity index (χ2n) is 3.75. The summed E-state index contributed by atoms with van der Waals surface area (Å²) in [4.78, 5) is 3.96. The van der Waals surface area contributed by atoms with Gasteiger partial charge in [0.2, 0.25) is 0 Å². The summed E-state index contributed by atoms with van der Waals surface area (Å²) < 4.78 is 0. The van der Waals surface area contributed by atoms with Gasteiger partial charge in [0, 0.05) is 12.4 Å². The molecule has 1 N–H and O–H groups in total. The van der Waals surface area contributed by atoms with E-state index >= 15 is 0 Å². The third-order valence-electron chi connectivity index (χ3n) is 2.08. The van der Waals surface area contributed by atoms with Crippen molar-refractivity contribution in [3.8, 4) is 0 Å². The van der Waals surface area contributed by atoms with Crippen LogP contribution in [0.3, 0.4) is 0 Å². The molecule has 1 rings (SSSR count). The maximum Gasteiger partial charge on any atom is 0.0514 e. The van der Waals surface area contributed by atoms with E-state index < -0.39 is 0 Å². The van der Waals surface area contributed by atoms with E-state index in [1.807, 2.05) is 31.5 Å². The number of hydrogen-bond donors (Lipinski definition) is 1. The molecule has 0 spiro atoms. The number of hydrogen-bond acceptors (Lipinski definition) is 2. The second-order valence-corrected chi connectivity index (χ2v) is 3.75. The van der Waals surface area contributed by atoms with Crippen LogP contribution in [-0.2, 0) is 6.42 Å². The van der Waals surface area contributed by atoms with Crippen molar-refractivity contribution in [3.63, 3.8) is 0 Å². The van der Waals surface area contributed by atoms with Crippen LogP contribution in [0, 0.1) is 5.92 Å². The molecule has 2 nitrogen and oxygen atoms in total. The lowest BCUT2D eigenvalue weighted by atomic mass is 9.97. The zero-order chi connectivity index (χ0) is 9.68. The summed E-state index contributed by atoms with van der Waals surface area (Å²) in [6, 6.07) is 4.05. The summed E-state index contributed by atoms with van der Waals surface area (Å²) >= 11 is 0. The predicted octanol–water partition coefficient (Wildman–Crippen LogP) is 2.03. The molecule has 2 atom stereocenters. The molecule has 1 heterocycles. The molecule has 0 bridgehead atoms. The highest BCUT2D eigenvalue weighted by Gasteiger charge is 2.06. The van der Waals surface area contributed by atoms with Gasteiger partial charge in [-0.05, 0) is 43.4 Å². The third-order valence-corrected chi connectivity index (χ3v) is 2.08. The number of pyridine rings is 1. The zero-order valence-corrected chi connectivity index (χ0v) is 8.27. The molecular formula is C11H17NO. The molecule has 13 heavy (non-hydrogen) atoms. The van der Waals surface area contributed by atoms with Crippen molar-refractivity contribution in [2.75, 3.05) is 0 Å². The maximum absolute atomic E-state index is 9.19. The first-order valence-corrected chi connectivity index (χ1v) is 4.75. The summed E-state index contributed by atoms with van der Waals surface area (Å²) in [5.74, 6) is 0.530. The Labute approximate surface area is 79.6 Å². The predicted molar refractivity (Wildman–Crippen MR) is 53.4 cm³/mol. The minimum absolute atomic E-state index is 0.197. The molecule has 1 aromatic heterocycles. The Balaban J connectivity index is 2.41. The van der Waals surface area contributed by atoms with Crippen LogP contribution in [-0.4, -0.2) is 16.2 Å². The molecule has 0 saturated heterocycles. The van der Waals surface area contributed by atoms with Gasteiger partial charge >= 0.3 is 0 Å². The van der Waals surface area contributed by atoms with Crippen LogP contribution in [0.15, 0.2) is 24.5 Å². The van der Waals surface area contributed by atoms with Gasteiger partial charge in [0.15, 0.2) is 0 Å². The van der Waals surface area contributed by atoms with Crippen molar-refractivity contribution in [1.82, 2.24) is 4.98 Å². The van der Waals surface area contributed by atoms with E-state index in [-0.39, 0.29) is 6.10 Å². The van der Waals surface area contributed by atoms with Gasteiger partial charge < -0.3 is 5.11 Å². The van der Waals surface area contributed by atoms with Crippen molar-refractivity contribution in [3.05, 3.63) is 30.1 Å². The average molecular weight is 179 g/mol. The Morgan fingerprint density at radius 1 is 1.31 bits per heavy atom. The van der Waals surface area contributed by atoms with Crippen LogP contribution in [0.1, 0.15) is 25.8 Å². The van der Waals surface area contributed by atoms with Crippen molar-refractivity contribution in [1.29, 1.82) is 0 Å². The highest BCUT2D eigenvalue weighted by atomic mass is 16.3. The molecule has 2 unspecified atom stereocenters. The molecule has 0 radical (unpaired) electrons. The topological polar surface area (TPSA) is 33.1 Å². The fraction of sp³-hybridized carbons (Fsp3) is 0.545. The van der Waals surface area contributed by atoms with Crippen molar-refractivity contribution in [2.24, 2.45) is 5.92 Å². The van der Waals surface area contributed by atoms with E-state index in [0.717, 1.165) is 12.8 Å². The normalized spacial score (nSPS) is 15.3. The van der Waals surface area contributed by atoms with Crippen molar-refractivity contribution >= 4 is 0 Å². The Morgan fingerprint density at radius 3 is 2.46 bits per heavy atom. The number of aliphatic hydroxyl groups excluding tert-OH is 1. The second kappa shape index (κ2) is 4.97. The molecule has 72 valence electrons. The summed E-state index contributed by atoms with van der Waals surface area (Å²) in [5.41, 5.74) is 1.29. The Kier molecular flexibility index (Phi) is 3.90. The van der Waals surface area contributed by atoms with E-state index in [0.29, 0.717) is 5.92 Å². The lowest BCUT2D eigenvalue weighted by Gasteiger charge is -2.12. The fourth-order valence-corrected chi connectivity index (χ4v) is 1.59. The monoisotopic (exact) mass is 179 g/mol. The van der Waals surface area contributed by atoms with Crippen LogP contribution in [0.4, 0.5) is 0 Å². The quantitative estimate of drug-likeness (QED) is 0.767. The van der Waals surface area contributed by atoms with Crippen LogP contribution in [0.2, 0.25) is 0 Å². The largest absolute Gasteiger partial charge is 0.393 e. The molecule has 0 fully saturated rings. The summed E-state index contributed by atoms with van der Waals surface area (Å²) in [6.45, 7) is 4.00. The van der Waals surface area contributed by atoms with Gasteiger partial charge in [-0.2, -0.15) is 0 Å². The lowest BCUT2D eigenvalue weighted by Crippen LogP contribution is -2.09. The highest BCUT2D eigenvalue weighted by Crippen LogP contribution is 2.12. The Morgan fingerprint density at radius 2 is 1.92 bits per heavy atom. The van der Waals surface area contributed by atoms with E-state index in [2.05, 4.69) is 11.9 Å². The first-order chi connectivity index (χ1) is 6.18. The smallest absolute Gasteiger partial charge is 0.0514 e. The number of aromatic nitrogens is 1. The Bertz CT molecular complexity index is 233. The van der Waals surface area contributed by atoms with Gasteiger partial charge in [-0.15, -0.1) is 0 Å². The first kappa shape index (κ1) is 10.2. The first-order valence-electron chi connectivity index (χ1n) is 4.75. The van der Waals surface area contributed by atoms with Crippen molar-refractivity contribution < 1.29 is 5.11 Å². The van der Waals surface area contributed by atoms with Gasteiger partial charge in [-0.1, -0.05) is 6.92 Å². The minimum Gasteiger partial charge on any atom is -0.393 e. The molecule has 0 saturated carbocycles. The van der Waals surface area contributed by atoms with Gasteiger partial charge in [0.05, 0.1) is 6.10 Å². The lowest BCUT2D eigenvalue weighted by molar-refractivity contribution is 0.164. The summed E-state index contributed by atoms with van der Waals surface area (Å²) in [7, 11) is 0. The van der Waals surface area contributed by atoms with E-state index in [1.165, 1.54) is 5.56 Å². The van der Waals surface area contributed by atoms with Crippen LogP contribution >= 0.6 is 0 Å². The SMILES string of the molecule is CC(O)CC(C)Cc1ccncc1. The number of nitrogens with zero attached hydrogens (tertiary/aromatic N) is 1. The fourth-order valence-electron chi connectivity index (χ4n) is 1.59. The van der Waals surface area contributed by atoms with Crippen molar-refractivity contribution in [2.45, 2.75) is 32.8 Å². The number of rotatable bonds is 4. The molecule has 2 heteroatoms. The maximum atomic E-state index is 9.19. The van der Waals surface area contributed by atoms with Crippen LogP contribution in [0.25, 0.3) is 0 Å². The highest BCUT2D eigenvalue weighted by molar-refractivity contribution is 5.10. The molecule has 0 aliphatic rings. The Hall–Kier alpha value is -0.890. The molecule has 0 aromatic carbocycles. The van der Waals surface area contributed by atoms with E-state index in [9.17, 15) is 5.11 Å². The number of aliphatic hydroxyl groups is 1. The molecular weight excluding hydrogens is 162 g/mol. The average Bonchev–Trinajstić information content (AvgIpc) is 2.04. The van der Waals surface area contributed by atoms with Crippen LogP contribution in [0.5, 0.6) is 0 Å². The zero-order valence-electron chi connectivity index (χ0n) is 8.27. The minimum atomic E-state index is -0.197. The molecule has 0 aliphatic carbocycles. The molecule has 1 aromatic rings.